The molecular weight excluding hydrogens is 300 g/mol. The minimum Gasteiger partial charge on any atom is -0.545 e. The number of carboxylic acids is 1. The third-order valence-corrected chi connectivity index (χ3v) is 5.39. The highest BCUT2D eigenvalue weighted by Gasteiger charge is 2.28. The number of aromatic carboxylic acids is 1. The zero-order valence-corrected chi connectivity index (χ0v) is 13.7. The molecule has 1 heterocycles. The lowest BCUT2D eigenvalue weighted by atomic mass is 9.78. The van der Waals surface area contributed by atoms with Crippen LogP contribution in [-0.4, -0.2) is 28.7 Å². The summed E-state index contributed by atoms with van der Waals surface area (Å²) < 4.78 is 0. The lowest BCUT2D eigenvalue weighted by Crippen LogP contribution is -2.44. The van der Waals surface area contributed by atoms with Gasteiger partial charge in [-0.1, -0.05) is 38.5 Å². The first kappa shape index (κ1) is 16.8. The Kier molecular flexibility index (Phi) is 5.83. The van der Waals surface area contributed by atoms with Crippen LogP contribution in [0.4, 0.5) is 0 Å². The highest BCUT2D eigenvalue weighted by atomic mass is 32.2. The molecule has 2 rings (SSSR count). The van der Waals surface area contributed by atoms with Gasteiger partial charge in [-0.05, 0) is 30.4 Å². The molecule has 0 bridgehead atoms. The van der Waals surface area contributed by atoms with Crippen LogP contribution in [0.3, 0.4) is 0 Å². The number of pyridine rings is 1. The number of thioether (sulfide) groups is 1. The Bertz CT molecular complexity index is 550. The van der Waals surface area contributed by atoms with E-state index in [0.29, 0.717) is 16.9 Å². The summed E-state index contributed by atoms with van der Waals surface area (Å²) in [6.45, 7) is 4.40. The molecule has 1 aliphatic rings. The van der Waals surface area contributed by atoms with Crippen LogP contribution in [0, 0.1) is 11.8 Å². The van der Waals surface area contributed by atoms with Crippen molar-refractivity contribution >= 4 is 23.6 Å². The second-order valence-corrected chi connectivity index (χ2v) is 6.84. The molecule has 6 heteroatoms. The van der Waals surface area contributed by atoms with Crippen molar-refractivity contribution in [2.24, 2.45) is 11.8 Å². The van der Waals surface area contributed by atoms with E-state index in [-0.39, 0.29) is 23.3 Å². The fourth-order valence-electron chi connectivity index (χ4n) is 2.83. The van der Waals surface area contributed by atoms with E-state index in [4.69, 9.17) is 0 Å². The zero-order chi connectivity index (χ0) is 16.1. The van der Waals surface area contributed by atoms with E-state index in [1.165, 1.54) is 18.7 Å². The fourth-order valence-corrected chi connectivity index (χ4v) is 3.62. The summed E-state index contributed by atoms with van der Waals surface area (Å²) in [4.78, 5) is 27.1. The van der Waals surface area contributed by atoms with E-state index >= 15 is 0 Å². The normalized spacial score (nSPS) is 24.7. The van der Waals surface area contributed by atoms with Gasteiger partial charge in [0.1, 0.15) is 5.03 Å². The lowest BCUT2D eigenvalue weighted by Gasteiger charge is -2.34. The average molecular weight is 321 g/mol. The highest BCUT2D eigenvalue weighted by molar-refractivity contribution is 8.00. The quantitative estimate of drug-likeness (QED) is 0.831. The molecule has 0 aliphatic heterocycles. The number of carbonyl (C=O) groups is 2. The minimum atomic E-state index is -1.27. The Morgan fingerprint density at radius 3 is 2.91 bits per heavy atom. The van der Waals surface area contributed by atoms with Crippen LogP contribution in [0.15, 0.2) is 23.4 Å². The van der Waals surface area contributed by atoms with Gasteiger partial charge in [0.2, 0.25) is 5.91 Å². The number of hydrogen-bond acceptors (Lipinski definition) is 5. The van der Waals surface area contributed by atoms with Gasteiger partial charge < -0.3 is 15.2 Å². The SMILES string of the molecule is C[C@@H]1[C@H](C)CCC[C@@H]1NC(=O)CSc1ncccc1C(=O)[O-]. The third-order valence-electron chi connectivity index (χ3n) is 4.38. The Morgan fingerprint density at radius 2 is 2.18 bits per heavy atom. The topological polar surface area (TPSA) is 82.1 Å². The molecule has 0 saturated heterocycles. The summed E-state index contributed by atoms with van der Waals surface area (Å²) in [5.41, 5.74) is 0.0277. The maximum Gasteiger partial charge on any atom is 0.230 e. The van der Waals surface area contributed by atoms with Gasteiger partial charge in [0, 0.05) is 17.8 Å². The number of nitrogens with zero attached hydrogens (tertiary/aromatic N) is 1. The molecule has 1 amide bonds. The second-order valence-electron chi connectivity index (χ2n) is 5.87. The summed E-state index contributed by atoms with van der Waals surface area (Å²) >= 11 is 1.13. The molecule has 0 unspecified atom stereocenters. The molecular formula is C16H21N2O3S-. The minimum absolute atomic E-state index is 0.0277. The molecule has 120 valence electrons. The van der Waals surface area contributed by atoms with Crippen molar-refractivity contribution < 1.29 is 14.7 Å². The maximum atomic E-state index is 12.1. The van der Waals surface area contributed by atoms with Crippen LogP contribution in [0.1, 0.15) is 43.5 Å². The molecule has 1 aromatic heterocycles. The summed E-state index contributed by atoms with van der Waals surface area (Å²) in [6, 6.07) is 3.19. The lowest BCUT2D eigenvalue weighted by molar-refractivity contribution is -0.255. The Labute approximate surface area is 134 Å². The number of amides is 1. The van der Waals surface area contributed by atoms with E-state index in [9.17, 15) is 14.7 Å². The fraction of sp³-hybridized carbons (Fsp3) is 0.562. The van der Waals surface area contributed by atoms with Crippen molar-refractivity contribution in [3.63, 3.8) is 0 Å². The number of carbonyl (C=O) groups excluding carboxylic acids is 2. The van der Waals surface area contributed by atoms with Crippen molar-refractivity contribution in [2.75, 3.05) is 5.75 Å². The number of aromatic nitrogens is 1. The maximum absolute atomic E-state index is 12.1. The van der Waals surface area contributed by atoms with Gasteiger partial charge in [-0.15, -0.1) is 0 Å². The molecule has 1 fully saturated rings. The molecule has 22 heavy (non-hydrogen) atoms. The van der Waals surface area contributed by atoms with Crippen molar-refractivity contribution in [1.29, 1.82) is 0 Å². The third kappa shape index (κ3) is 4.22. The number of nitrogens with one attached hydrogen (secondary N) is 1. The van der Waals surface area contributed by atoms with E-state index in [0.717, 1.165) is 24.6 Å². The summed E-state index contributed by atoms with van der Waals surface area (Å²) in [7, 11) is 0. The van der Waals surface area contributed by atoms with E-state index in [2.05, 4.69) is 24.1 Å². The number of rotatable bonds is 5. The van der Waals surface area contributed by atoms with Gasteiger partial charge in [-0.25, -0.2) is 4.98 Å². The van der Waals surface area contributed by atoms with Gasteiger partial charge in [-0.3, -0.25) is 4.79 Å². The smallest absolute Gasteiger partial charge is 0.230 e. The summed E-state index contributed by atoms with van der Waals surface area (Å²) in [6.07, 6.45) is 4.87. The monoisotopic (exact) mass is 321 g/mol. The van der Waals surface area contributed by atoms with Crippen molar-refractivity contribution in [1.82, 2.24) is 10.3 Å². The predicted molar refractivity (Wildman–Crippen MR) is 83.4 cm³/mol. The molecule has 0 spiro atoms. The Morgan fingerprint density at radius 1 is 1.41 bits per heavy atom. The van der Waals surface area contributed by atoms with Crippen LogP contribution in [0.2, 0.25) is 0 Å². The van der Waals surface area contributed by atoms with Crippen molar-refractivity contribution in [3.8, 4) is 0 Å². The summed E-state index contributed by atoms with van der Waals surface area (Å²) in [5.74, 6) is -0.102. The highest BCUT2D eigenvalue weighted by Crippen LogP contribution is 2.29. The van der Waals surface area contributed by atoms with Crippen LogP contribution >= 0.6 is 11.8 Å². The predicted octanol–water partition coefficient (Wildman–Crippen LogP) is 1.48. The van der Waals surface area contributed by atoms with E-state index < -0.39 is 5.97 Å². The number of hydrogen-bond donors (Lipinski definition) is 1. The molecule has 1 N–H and O–H groups in total. The first-order chi connectivity index (χ1) is 10.5. The van der Waals surface area contributed by atoms with Gasteiger partial charge in [0.25, 0.3) is 0 Å². The molecule has 0 aromatic carbocycles. The van der Waals surface area contributed by atoms with Crippen molar-refractivity contribution in [3.05, 3.63) is 23.9 Å². The van der Waals surface area contributed by atoms with Gasteiger partial charge in [0.15, 0.2) is 0 Å². The van der Waals surface area contributed by atoms with Crippen LogP contribution in [0.25, 0.3) is 0 Å². The van der Waals surface area contributed by atoms with E-state index in [1.54, 1.807) is 6.07 Å². The van der Waals surface area contributed by atoms with Gasteiger partial charge >= 0.3 is 0 Å². The molecule has 5 nitrogen and oxygen atoms in total. The average Bonchev–Trinajstić information content (AvgIpc) is 2.50. The van der Waals surface area contributed by atoms with Gasteiger partial charge in [-0.2, -0.15) is 0 Å². The van der Waals surface area contributed by atoms with Crippen LogP contribution in [0.5, 0.6) is 0 Å². The van der Waals surface area contributed by atoms with Gasteiger partial charge in [0.05, 0.1) is 11.7 Å². The molecule has 3 atom stereocenters. The Balaban J connectivity index is 1.89. The summed E-state index contributed by atoms with van der Waals surface area (Å²) in [5, 5.41) is 14.4. The standard InChI is InChI=1S/C16H22N2O3S/c1-10-5-3-7-13(11(10)2)18-14(19)9-22-15-12(16(20)21)6-4-8-17-15/h4,6,8,10-11,13H,3,5,7,9H2,1-2H3,(H,18,19)(H,20,21)/p-1/t10-,11-,13+/m1/s1. The van der Waals surface area contributed by atoms with Crippen LogP contribution in [-0.2, 0) is 4.79 Å². The number of carboxylic acid groups (broad SMARTS) is 1. The first-order valence-corrected chi connectivity index (χ1v) is 8.56. The molecule has 1 saturated carbocycles. The largest absolute Gasteiger partial charge is 0.545 e. The molecule has 0 radical (unpaired) electrons. The zero-order valence-electron chi connectivity index (χ0n) is 12.9. The molecule has 1 aromatic rings. The van der Waals surface area contributed by atoms with E-state index in [1.807, 2.05) is 0 Å². The Hall–Kier alpha value is -1.56. The van der Waals surface area contributed by atoms with Crippen molar-refractivity contribution in [2.45, 2.75) is 44.2 Å². The second kappa shape index (κ2) is 7.63. The van der Waals surface area contributed by atoms with Crippen LogP contribution < -0.4 is 10.4 Å². The molecule has 1 aliphatic carbocycles. The first-order valence-electron chi connectivity index (χ1n) is 7.57.